The van der Waals surface area contributed by atoms with Crippen LogP contribution in [-0.4, -0.2) is 25.7 Å². The number of aromatic nitrogens is 3. The Balaban J connectivity index is 1.77. The summed E-state index contributed by atoms with van der Waals surface area (Å²) in [6.45, 7) is 2.01. The number of rotatable bonds is 3. The van der Waals surface area contributed by atoms with Gasteiger partial charge < -0.3 is 5.11 Å². The highest BCUT2D eigenvalue weighted by Crippen LogP contribution is 2.38. The molecule has 140 valence electrons. The normalized spacial score (nSPS) is 13.1. The summed E-state index contributed by atoms with van der Waals surface area (Å²) in [7, 11) is 0. The summed E-state index contributed by atoms with van der Waals surface area (Å²) in [6, 6.07) is 24.6. The van der Waals surface area contributed by atoms with Gasteiger partial charge in [-0.25, -0.2) is 0 Å². The second-order valence-corrected chi connectivity index (χ2v) is 6.98. The fraction of sp³-hybridized carbons (Fsp3) is 0.0417. The highest BCUT2D eigenvalue weighted by Gasteiger charge is 2.34. The number of hydrogen-bond donors (Lipinski definition) is 1. The van der Waals surface area contributed by atoms with E-state index in [1.165, 1.54) is 0 Å². The SMILES string of the molecule is Cc1ccc(-n2c(C3=C(O)c4ccccc4C3=O)nnc2-c2ccccc2)cc1. The lowest BCUT2D eigenvalue weighted by atomic mass is 10.1. The van der Waals surface area contributed by atoms with Crippen molar-refractivity contribution in [2.75, 3.05) is 0 Å². The van der Waals surface area contributed by atoms with Gasteiger partial charge in [-0.05, 0) is 19.1 Å². The standard InChI is InChI=1S/C24H17N3O2/c1-15-11-13-17(14-12-15)27-23(16-7-3-2-4-8-16)25-26-24(27)20-21(28)18-9-5-6-10-19(18)22(20)29/h2-14,28H,1H3. The Morgan fingerprint density at radius 2 is 1.38 bits per heavy atom. The van der Waals surface area contributed by atoms with Gasteiger partial charge in [-0.3, -0.25) is 9.36 Å². The summed E-state index contributed by atoms with van der Waals surface area (Å²) in [6.07, 6.45) is 0. The summed E-state index contributed by atoms with van der Waals surface area (Å²) in [4.78, 5) is 13.1. The third kappa shape index (κ3) is 2.67. The Bertz CT molecular complexity index is 1270. The van der Waals surface area contributed by atoms with Crippen LogP contribution in [0.15, 0.2) is 78.9 Å². The molecule has 0 fully saturated rings. The van der Waals surface area contributed by atoms with Crippen molar-refractivity contribution < 1.29 is 9.90 Å². The second-order valence-electron chi connectivity index (χ2n) is 6.98. The predicted octanol–water partition coefficient (Wildman–Crippen LogP) is 4.87. The molecule has 0 saturated carbocycles. The van der Waals surface area contributed by atoms with E-state index in [9.17, 15) is 9.90 Å². The molecule has 5 heteroatoms. The minimum absolute atomic E-state index is 0.0639. The first-order chi connectivity index (χ1) is 14.1. The van der Waals surface area contributed by atoms with E-state index >= 15 is 0 Å². The summed E-state index contributed by atoms with van der Waals surface area (Å²) in [5, 5.41) is 19.5. The van der Waals surface area contributed by atoms with Gasteiger partial charge in [0.05, 0.1) is 0 Å². The number of allylic oxidation sites excluding steroid dienone is 1. The summed E-state index contributed by atoms with van der Waals surface area (Å²) < 4.78 is 1.82. The van der Waals surface area contributed by atoms with E-state index in [4.69, 9.17) is 0 Å². The van der Waals surface area contributed by atoms with Crippen molar-refractivity contribution in [2.45, 2.75) is 6.92 Å². The molecule has 1 aromatic heterocycles. The molecule has 0 saturated heterocycles. The molecule has 3 aromatic carbocycles. The lowest BCUT2D eigenvalue weighted by Crippen LogP contribution is -2.07. The van der Waals surface area contributed by atoms with Crippen LogP contribution in [0.2, 0.25) is 0 Å². The number of benzene rings is 3. The monoisotopic (exact) mass is 379 g/mol. The number of aryl methyl sites for hydroxylation is 1. The zero-order valence-electron chi connectivity index (χ0n) is 15.7. The lowest BCUT2D eigenvalue weighted by Gasteiger charge is -2.11. The Labute approximate surface area is 167 Å². The van der Waals surface area contributed by atoms with Crippen LogP contribution >= 0.6 is 0 Å². The molecule has 5 nitrogen and oxygen atoms in total. The second kappa shape index (κ2) is 6.56. The zero-order valence-corrected chi connectivity index (χ0v) is 15.7. The molecule has 0 unspecified atom stereocenters. The fourth-order valence-electron chi connectivity index (χ4n) is 3.63. The van der Waals surface area contributed by atoms with Crippen molar-refractivity contribution in [1.29, 1.82) is 0 Å². The minimum atomic E-state index is -0.251. The largest absolute Gasteiger partial charge is 0.506 e. The molecular formula is C24H17N3O2. The molecule has 1 aliphatic rings. The van der Waals surface area contributed by atoms with Gasteiger partial charge in [0, 0.05) is 22.4 Å². The lowest BCUT2D eigenvalue weighted by molar-refractivity contribution is 0.105. The van der Waals surface area contributed by atoms with Gasteiger partial charge >= 0.3 is 0 Å². The number of Topliss-reactive ketones (excluding diaryl/α,β-unsaturated/α-hetero) is 1. The molecule has 0 radical (unpaired) electrons. The third-order valence-electron chi connectivity index (χ3n) is 5.10. The number of aliphatic hydroxyl groups is 1. The number of fused-ring (bicyclic) bond motifs is 1. The van der Waals surface area contributed by atoms with Crippen LogP contribution in [0.25, 0.3) is 28.4 Å². The maximum Gasteiger partial charge on any atom is 0.201 e. The molecule has 0 spiro atoms. The van der Waals surface area contributed by atoms with E-state index in [2.05, 4.69) is 10.2 Å². The number of hydrogen-bond acceptors (Lipinski definition) is 4. The average Bonchev–Trinajstić information content (AvgIpc) is 3.29. The van der Waals surface area contributed by atoms with Gasteiger partial charge in [0.15, 0.2) is 11.6 Å². The van der Waals surface area contributed by atoms with Crippen LogP contribution in [0.1, 0.15) is 27.3 Å². The Morgan fingerprint density at radius 3 is 2.07 bits per heavy atom. The highest BCUT2D eigenvalue weighted by molar-refractivity contribution is 6.38. The summed E-state index contributed by atoms with van der Waals surface area (Å²) in [5.41, 5.74) is 3.97. The van der Waals surface area contributed by atoms with E-state index in [1.54, 1.807) is 24.3 Å². The van der Waals surface area contributed by atoms with Gasteiger partial charge in [0.25, 0.3) is 0 Å². The molecule has 1 heterocycles. The van der Waals surface area contributed by atoms with Crippen molar-refractivity contribution in [3.05, 3.63) is 101 Å². The van der Waals surface area contributed by atoms with Gasteiger partial charge in [0.1, 0.15) is 11.3 Å². The molecule has 1 N–H and O–H groups in total. The molecule has 0 atom stereocenters. The number of carbonyl (C=O) groups excluding carboxylic acids is 1. The van der Waals surface area contributed by atoms with Crippen LogP contribution in [0, 0.1) is 6.92 Å². The zero-order chi connectivity index (χ0) is 20.0. The van der Waals surface area contributed by atoms with Crippen LogP contribution in [-0.2, 0) is 0 Å². The average molecular weight is 379 g/mol. The predicted molar refractivity (Wildman–Crippen MR) is 112 cm³/mol. The minimum Gasteiger partial charge on any atom is -0.506 e. The number of carbonyl (C=O) groups is 1. The summed E-state index contributed by atoms with van der Waals surface area (Å²) in [5.74, 6) is 0.615. The molecule has 1 aliphatic carbocycles. The molecule has 0 bridgehead atoms. The molecular weight excluding hydrogens is 362 g/mol. The number of aliphatic hydroxyl groups excluding tert-OH is 1. The molecule has 0 aliphatic heterocycles. The first-order valence-corrected chi connectivity index (χ1v) is 9.31. The van der Waals surface area contributed by atoms with Crippen LogP contribution < -0.4 is 0 Å². The maximum atomic E-state index is 13.1. The van der Waals surface area contributed by atoms with Crippen LogP contribution in [0.3, 0.4) is 0 Å². The topological polar surface area (TPSA) is 68.0 Å². The van der Waals surface area contributed by atoms with E-state index in [-0.39, 0.29) is 17.1 Å². The molecule has 4 aromatic rings. The fourth-order valence-corrected chi connectivity index (χ4v) is 3.63. The quantitative estimate of drug-likeness (QED) is 0.552. The van der Waals surface area contributed by atoms with Gasteiger partial charge in [-0.15, -0.1) is 10.2 Å². The van der Waals surface area contributed by atoms with Gasteiger partial charge in [-0.1, -0.05) is 72.3 Å². The molecule has 0 amide bonds. The third-order valence-corrected chi connectivity index (χ3v) is 5.10. The van der Waals surface area contributed by atoms with E-state index in [0.717, 1.165) is 16.8 Å². The number of ketones is 1. The first-order valence-electron chi connectivity index (χ1n) is 9.31. The van der Waals surface area contributed by atoms with Crippen LogP contribution in [0.4, 0.5) is 0 Å². The molecule has 29 heavy (non-hydrogen) atoms. The van der Waals surface area contributed by atoms with Crippen molar-refractivity contribution in [3.8, 4) is 17.1 Å². The van der Waals surface area contributed by atoms with E-state index in [1.807, 2.05) is 66.1 Å². The first kappa shape index (κ1) is 17.1. The van der Waals surface area contributed by atoms with Crippen LogP contribution in [0.5, 0.6) is 0 Å². The van der Waals surface area contributed by atoms with E-state index < -0.39 is 0 Å². The van der Waals surface area contributed by atoms with Crippen molar-refractivity contribution in [3.63, 3.8) is 0 Å². The van der Waals surface area contributed by atoms with E-state index in [0.29, 0.717) is 22.8 Å². The Kier molecular flexibility index (Phi) is 3.88. The highest BCUT2D eigenvalue weighted by atomic mass is 16.3. The van der Waals surface area contributed by atoms with Crippen molar-refractivity contribution in [1.82, 2.24) is 14.8 Å². The molecule has 5 rings (SSSR count). The van der Waals surface area contributed by atoms with Gasteiger partial charge in [0.2, 0.25) is 5.78 Å². The van der Waals surface area contributed by atoms with Crippen molar-refractivity contribution in [2.24, 2.45) is 0 Å². The maximum absolute atomic E-state index is 13.1. The smallest absolute Gasteiger partial charge is 0.201 e. The van der Waals surface area contributed by atoms with Crippen molar-refractivity contribution >= 4 is 17.1 Å². The Morgan fingerprint density at radius 1 is 0.759 bits per heavy atom. The number of nitrogens with zero attached hydrogens (tertiary/aromatic N) is 3. The Hall–Kier alpha value is -3.99. The summed E-state index contributed by atoms with van der Waals surface area (Å²) >= 11 is 0. The van der Waals surface area contributed by atoms with Gasteiger partial charge in [-0.2, -0.15) is 0 Å².